The Balaban J connectivity index is 1.87. The number of nitrogens with zero attached hydrogens (tertiary/aromatic N) is 1. The first-order chi connectivity index (χ1) is 14.5. The number of benzene rings is 2. The van der Waals surface area contributed by atoms with Gasteiger partial charge >= 0.3 is 5.63 Å². The van der Waals surface area contributed by atoms with Crippen LogP contribution in [0, 0.1) is 0 Å². The minimum atomic E-state index is -0.892. The number of aromatic hydroxyl groups is 1. The number of hydrogen-bond donors (Lipinski definition) is 1. The second kappa shape index (κ2) is 6.63. The number of ketones is 2. The van der Waals surface area contributed by atoms with E-state index in [0.29, 0.717) is 0 Å². The standard InChI is InChI=1S/C24H13NO5/c26-17-9-10-18(27)22(25-12-11-14-5-1-2-6-15(14)13-25)20(17)21-23(28)16-7-3-4-8-19(16)30-24(21)29/h1-13H/p+1. The van der Waals surface area contributed by atoms with Crippen LogP contribution in [0.15, 0.2) is 88.4 Å². The van der Waals surface area contributed by atoms with Gasteiger partial charge in [-0.1, -0.05) is 30.3 Å². The molecule has 5 rings (SSSR count). The molecule has 0 radical (unpaired) electrons. The molecule has 0 aliphatic heterocycles. The van der Waals surface area contributed by atoms with Gasteiger partial charge in [0.25, 0.3) is 11.5 Å². The highest BCUT2D eigenvalue weighted by molar-refractivity contribution is 6.44. The number of pyridine rings is 1. The third kappa shape index (κ3) is 2.66. The molecular weight excluding hydrogens is 382 g/mol. The maximum absolute atomic E-state index is 12.8. The van der Waals surface area contributed by atoms with Crippen molar-refractivity contribution in [1.82, 2.24) is 0 Å². The molecule has 0 saturated carbocycles. The highest BCUT2D eigenvalue weighted by Crippen LogP contribution is 2.34. The van der Waals surface area contributed by atoms with E-state index >= 15 is 0 Å². The molecule has 4 aromatic rings. The minimum absolute atomic E-state index is 0.0221. The lowest BCUT2D eigenvalue weighted by Gasteiger charge is -2.12. The maximum atomic E-state index is 12.8. The maximum Gasteiger partial charge on any atom is 0.348 e. The summed E-state index contributed by atoms with van der Waals surface area (Å²) in [4.78, 5) is 38.4. The third-order valence-electron chi connectivity index (χ3n) is 5.09. The van der Waals surface area contributed by atoms with Crippen molar-refractivity contribution in [3.8, 4) is 5.75 Å². The lowest BCUT2D eigenvalue weighted by molar-refractivity contribution is -0.575. The van der Waals surface area contributed by atoms with Gasteiger partial charge in [0, 0.05) is 11.5 Å². The van der Waals surface area contributed by atoms with Gasteiger partial charge in [-0.15, -0.1) is 0 Å². The summed E-state index contributed by atoms with van der Waals surface area (Å²) >= 11 is 0. The second-order valence-corrected chi connectivity index (χ2v) is 6.88. The van der Waals surface area contributed by atoms with Crippen molar-refractivity contribution in [2.24, 2.45) is 0 Å². The molecule has 2 heterocycles. The van der Waals surface area contributed by atoms with Gasteiger partial charge in [-0.2, -0.15) is 4.57 Å². The smallest absolute Gasteiger partial charge is 0.348 e. The Labute approximate surface area is 169 Å². The average molecular weight is 396 g/mol. The Kier molecular flexibility index (Phi) is 3.93. The van der Waals surface area contributed by atoms with Crippen LogP contribution in [0.25, 0.3) is 33.0 Å². The fourth-order valence-electron chi connectivity index (χ4n) is 3.68. The van der Waals surface area contributed by atoms with Crippen LogP contribution in [0.4, 0.5) is 0 Å². The number of carbonyl (C=O) groups excluding carboxylic acids is 2. The molecule has 0 amide bonds. The quantitative estimate of drug-likeness (QED) is 0.320. The molecule has 0 spiro atoms. The Bertz CT molecular complexity index is 1510. The van der Waals surface area contributed by atoms with Gasteiger partial charge in [-0.25, -0.2) is 4.79 Å². The molecule has 1 aliphatic carbocycles. The van der Waals surface area contributed by atoms with Crippen LogP contribution in [0.5, 0.6) is 5.75 Å². The van der Waals surface area contributed by atoms with Crippen molar-refractivity contribution in [2.45, 2.75) is 0 Å². The molecule has 0 unspecified atom stereocenters. The highest BCUT2D eigenvalue weighted by Gasteiger charge is 2.36. The third-order valence-corrected chi connectivity index (χ3v) is 5.09. The molecule has 6 heteroatoms. The zero-order valence-corrected chi connectivity index (χ0v) is 15.5. The molecule has 1 N–H and O–H groups in total. The predicted octanol–water partition coefficient (Wildman–Crippen LogP) is 3.02. The van der Waals surface area contributed by atoms with E-state index < -0.39 is 22.9 Å². The van der Waals surface area contributed by atoms with Crippen molar-refractivity contribution in [1.29, 1.82) is 0 Å². The van der Waals surface area contributed by atoms with Crippen molar-refractivity contribution in [2.75, 3.05) is 0 Å². The lowest BCUT2D eigenvalue weighted by atomic mass is 9.92. The molecular formula is C24H14NO5+. The summed E-state index contributed by atoms with van der Waals surface area (Å²) in [5, 5.41) is 12.9. The van der Waals surface area contributed by atoms with Gasteiger partial charge < -0.3 is 9.52 Å². The van der Waals surface area contributed by atoms with Gasteiger partial charge in [0.05, 0.1) is 5.39 Å². The molecule has 2 aromatic heterocycles. The molecule has 30 heavy (non-hydrogen) atoms. The number of carbonyl (C=O) groups is 2. The van der Waals surface area contributed by atoms with Crippen molar-refractivity contribution >= 4 is 44.6 Å². The zero-order chi connectivity index (χ0) is 20.8. The Morgan fingerprint density at radius 3 is 2.33 bits per heavy atom. The van der Waals surface area contributed by atoms with Gasteiger partial charge in [0.15, 0.2) is 18.2 Å². The van der Waals surface area contributed by atoms with Crippen molar-refractivity contribution < 1.29 is 23.7 Å². The van der Waals surface area contributed by atoms with Crippen LogP contribution in [0.2, 0.25) is 0 Å². The van der Waals surface area contributed by atoms with Crippen LogP contribution >= 0.6 is 0 Å². The topological polar surface area (TPSA) is 88.5 Å². The van der Waals surface area contributed by atoms with E-state index in [0.717, 1.165) is 22.9 Å². The first-order valence-corrected chi connectivity index (χ1v) is 9.21. The zero-order valence-electron chi connectivity index (χ0n) is 15.5. The summed E-state index contributed by atoms with van der Waals surface area (Å²) in [6.45, 7) is 0. The van der Waals surface area contributed by atoms with E-state index in [-0.39, 0.29) is 27.8 Å². The number of rotatable bonds is 2. The van der Waals surface area contributed by atoms with Crippen LogP contribution in [-0.4, -0.2) is 16.7 Å². The molecule has 2 aromatic carbocycles. The molecule has 0 saturated heterocycles. The van der Waals surface area contributed by atoms with Crippen molar-refractivity contribution in [3.63, 3.8) is 0 Å². The largest absolute Gasteiger partial charge is 0.506 e. The van der Waals surface area contributed by atoms with Gasteiger partial charge in [0.1, 0.15) is 22.5 Å². The van der Waals surface area contributed by atoms with Crippen LogP contribution in [-0.2, 0) is 9.59 Å². The monoisotopic (exact) mass is 396 g/mol. The number of hydrogen-bond acceptors (Lipinski definition) is 5. The van der Waals surface area contributed by atoms with Gasteiger partial charge in [-0.3, -0.25) is 9.59 Å². The van der Waals surface area contributed by atoms with E-state index in [1.807, 2.05) is 24.3 Å². The highest BCUT2D eigenvalue weighted by atomic mass is 16.4. The summed E-state index contributed by atoms with van der Waals surface area (Å²) in [5.41, 5.74) is -1.25. The number of allylic oxidation sites excluding steroid dienone is 4. The Morgan fingerprint density at radius 2 is 1.50 bits per heavy atom. The fourth-order valence-corrected chi connectivity index (χ4v) is 3.68. The van der Waals surface area contributed by atoms with E-state index in [2.05, 4.69) is 0 Å². The van der Waals surface area contributed by atoms with Gasteiger partial charge in [-0.05, 0) is 35.7 Å². The normalized spacial score (nSPS) is 14.1. The summed E-state index contributed by atoms with van der Waals surface area (Å²) < 4.78 is 6.81. The van der Waals surface area contributed by atoms with Crippen molar-refractivity contribution in [3.05, 3.63) is 95.1 Å². The molecule has 0 fully saturated rings. The van der Waals surface area contributed by atoms with Crippen LogP contribution in [0.3, 0.4) is 0 Å². The molecule has 144 valence electrons. The number of aromatic nitrogens is 1. The van der Waals surface area contributed by atoms with E-state index in [9.17, 15) is 19.5 Å². The van der Waals surface area contributed by atoms with Gasteiger partial charge in [0.2, 0.25) is 0 Å². The van der Waals surface area contributed by atoms with Crippen LogP contribution < -0.4 is 10.2 Å². The summed E-state index contributed by atoms with van der Waals surface area (Å²) in [5.74, 6) is -1.42. The summed E-state index contributed by atoms with van der Waals surface area (Å²) in [6.07, 6.45) is 5.59. The number of fused-ring (bicyclic) bond motifs is 2. The Hall–Kier alpha value is -4.32. The lowest BCUT2D eigenvalue weighted by Crippen LogP contribution is -2.38. The fraction of sp³-hybridized carbons (Fsp3) is 0. The average Bonchev–Trinajstić information content (AvgIpc) is 2.76. The molecule has 1 aliphatic rings. The van der Waals surface area contributed by atoms with E-state index in [1.54, 1.807) is 42.7 Å². The summed E-state index contributed by atoms with van der Waals surface area (Å²) in [7, 11) is 0. The first-order valence-electron chi connectivity index (χ1n) is 9.21. The van der Waals surface area contributed by atoms with Crippen LogP contribution in [0.1, 0.15) is 5.56 Å². The second-order valence-electron chi connectivity index (χ2n) is 6.88. The molecule has 6 nitrogen and oxygen atoms in total. The van der Waals surface area contributed by atoms with E-state index in [1.165, 1.54) is 4.57 Å². The molecule has 0 atom stereocenters. The molecule has 0 bridgehead atoms. The number of para-hydroxylation sites is 1. The first kappa shape index (κ1) is 17.8. The Morgan fingerprint density at radius 1 is 0.800 bits per heavy atom. The minimum Gasteiger partial charge on any atom is -0.506 e. The predicted molar refractivity (Wildman–Crippen MR) is 111 cm³/mol. The van der Waals surface area contributed by atoms with E-state index in [4.69, 9.17) is 4.42 Å². The SMILES string of the molecule is O=C1C=CC(=O)C([n+]2ccc3ccccc3c2)=C1c1c(O)c2ccccc2oc1=O. The summed E-state index contributed by atoms with van der Waals surface area (Å²) in [6, 6.07) is 15.8.